The van der Waals surface area contributed by atoms with Gasteiger partial charge in [-0.3, -0.25) is 0 Å². The molecule has 0 saturated heterocycles. The zero-order chi connectivity index (χ0) is 8.97. The summed E-state index contributed by atoms with van der Waals surface area (Å²) in [5.74, 6) is 1.91. The molecule has 0 atom stereocenters. The lowest BCUT2D eigenvalue weighted by Crippen LogP contribution is -1.89. The van der Waals surface area contributed by atoms with Crippen molar-refractivity contribution in [2.24, 2.45) is 5.92 Å². The second-order valence-electron chi connectivity index (χ2n) is 3.16. The molecule has 13 heavy (non-hydrogen) atoms. The molecule has 0 heterocycles. The average Bonchev–Trinajstić information content (AvgIpc) is 2.03. The molecule has 0 aromatic heterocycles. The van der Waals surface area contributed by atoms with E-state index in [2.05, 4.69) is 26.0 Å². The summed E-state index contributed by atoms with van der Waals surface area (Å²) in [6, 6.07) is 8.00. The lowest BCUT2D eigenvalue weighted by atomic mass is 10.3. The second kappa shape index (κ2) is 6.30. The molecule has 74 valence electrons. The van der Waals surface area contributed by atoms with Crippen molar-refractivity contribution >= 4 is 23.4 Å². The van der Waals surface area contributed by atoms with E-state index in [4.69, 9.17) is 11.6 Å². The summed E-state index contributed by atoms with van der Waals surface area (Å²) >= 11 is 7.64. The fraction of sp³-hybridized carbons (Fsp3) is 0.400. The molecular formula is C10H16ClNS. The molecule has 3 heteroatoms. The van der Waals surface area contributed by atoms with Gasteiger partial charge >= 0.3 is 0 Å². The van der Waals surface area contributed by atoms with E-state index in [1.165, 1.54) is 10.6 Å². The lowest BCUT2D eigenvalue weighted by Gasteiger charge is -2.03. The Labute approximate surface area is 89.5 Å². The van der Waals surface area contributed by atoms with Crippen LogP contribution in [0.1, 0.15) is 13.8 Å². The molecule has 0 saturated carbocycles. The van der Waals surface area contributed by atoms with Crippen LogP contribution in [-0.4, -0.2) is 5.75 Å². The number of halogens is 1. The highest BCUT2D eigenvalue weighted by atomic mass is 35.5. The van der Waals surface area contributed by atoms with E-state index in [1.807, 2.05) is 23.9 Å². The van der Waals surface area contributed by atoms with Crippen LogP contribution >= 0.6 is 23.4 Å². The van der Waals surface area contributed by atoms with E-state index in [1.54, 1.807) is 0 Å². The van der Waals surface area contributed by atoms with Crippen LogP contribution in [0.15, 0.2) is 29.2 Å². The minimum Gasteiger partial charge on any atom is -0.344 e. The Morgan fingerprint density at radius 3 is 2.23 bits per heavy atom. The Hall–Kier alpha value is -0.180. The molecule has 0 amide bonds. The van der Waals surface area contributed by atoms with E-state index in [0.717, 1.165) is 10.9 Å². The Kier molecular flexibility index (Phi) is 6.21. The van der Waals surface area contributed by atoms with Gasteiger partial charge in [-0.1, -0.05) is 25.4 Å². The van der Waals surface area contributed by atoms with E-state index in [9.17, 15) is 0 Å². The summed E-state index contributed by atoms with van der Waals surface area (Å²) in [6.45, 7) is 4.45. The van der Waals surface area contributed by atoms with Gasteiger partial charge in [0.25, 0.3) is 0 Å². The molecule has 0 aliphatic rings. The van der Waals surface area contributed by atoms with Crippen molar-refractivity contribution in [1.29, 1.82) is 0 Å². The lowest BCUT2D eigenvalue weighted by molar-refractivity contribution is 0.750. The maximum atomic E-state index is 5.77. The SMILES string of the molecule is CC(C)CSc1ccc(Cl)cc1.N. The van der Waals surface area contributed by atoms with E-state index in [-0.39, 0.29) is 6.15 Å². The molecule has 1 nitrogen and oxygen atoms in total. The van der Waals surface area contributed by atoms with Gasteiger partial charge in [-0.05, 0) is 30.2 Å². The van der Waals surface area contributed by atoms with Crippen LogP contribution in [0.25, 0.3) is 0 Å². The van der Waals surface area contributed by atoms with Crippen LogP contribution in [0.5, 0.6) is 0 Å². The molecule has 3 N–H and O–H groups in total. The van der Waals surface area contributed by atoms with Crippen molar-refractivity contribution in [1.82, 2.24) is 6.15 Å². The molecule has 0 fully saturated rings. The first-order valence-electron chi connectivity index (χ1n) is 4.07. The van der Waals surface area contributed by atoms with Crippen LogP contribution in [-0.2, 0) is 0 Å². The maximum Gasteiger partial charge on any atom is 0.0406 e. The highest BCUT2D eigenvalue weighted by Gasteiger charge is 1.96. The van der Waals surface area contributed by atoms with Crippen molar-refractivity contribution in [2.75, 3.05) is 5.75 Å². The van der Waals surface area contributed by atoms with Gasteiger partial charge in [-0.25, -0.2) is 0 Å². The zero-order valence-electron chi connectivity index (χ0n) is 8.09. The third kappa shape index (κ3) is 5.19. The standard InChI is InChI=1S/C10H13ClS.H3N/c1-8(2)7-12-10-5-3-9(11)4-6-10;/h3-6,8H,7H2,1-2H3;1H3. The molecule has 0 unspecified atom stereocenters. The van der Waals surface area contributed by atoms with Crippen LogP contribution in [0.2, 0.25) is 5.02 Å². The molecule has 1 aromatic rings. The first-order chi connectivity index (χ1) is 5.68. The number of hydrogen-bond donors (Lipinski definition) is 1. The minimum absolute atomic E-state index is 0. The Morgan fingerprint density at radius 2 is 1.77 bits per heavy atom. The first-order valence-corrected chi connectivity index (χ1v) is 5.43. The summed E-state index contributed by atoms with van der Waals surface area (Å²) in [5.41, 5.74) is 0. The number of thioether (sulfide) groups is 1. The van der Waals surface area contributed by atoms with Crippen molar-refractivity contribution < 1.29 is 0 Å². The van der Waals surface area contributed by atoms with Crippen molar-refractivity contribution in [2.45, 2.75) is 18.7 Å². The summed E-state index contributed by atoms with van der Waals surface area (Å²) in [7, 11) is 0. The Morgan fingerprint density at radius 1 is 1.23 bits per heavy atom. The highest BCUT2D eigenvalue weighted by molar-refractivity contribution is 7.99. The summed E-state index contributed by atoms with van der Waals surface area (Å²) in [4.78, 5) is 1.30. The predicted octanol–water partition coefficient (Wildman–Crippen LogP) is 4.25. The van der Waals surface area contributed by atoms with Crippen LogP contribution in [0, 0.1) is 5.92 Å². The predicted molar refractivity (Wildman–Crippen MR) is 62.0 cm³/mol. The fourth-order valence-electron chi connectivity index (χ4n) is 0.794. The van der Waals surface area contributed by atoms with Gasteiger partial charge in [0, 0.05) is 15.7 Å². The third-order valence-corrected chi connectivity index (χ3v) is 3.09. The quantitative estimate of drug-likeness (QED) is 0.769. The van der Waals surface area contributed by atoms with Gasteiger partial charge in [0.05, 0.1) is 0 Å². The van der Waals surface area contributed by atoms with Crippen LogP contribution in [0.4, 0.5) is 0 Å². The molecule has 0 spiro atoms. The average molecular weight is 218 g/mol. The smallest absolute Gasteiger partial charge is 0.0406 e. The minimum atomic E-state index is 0. The topological polar surface area (TPSA) is 35.0 Å². The van der Waals surface area contributed by atoms with Gasteiger partial charge < -0.3 is 6.15 Å². The summed E-state index contributed by atoms with van der Waals surface area (Å²) in [5, 5.41) is 0.809. The number of hydrogen-bond acceptors (Lipinski definition) is 2. The monoisotopic (exact) mass is 217 g/mol. The van der Waals surface area contributed by atoms with Gasteiger partial charge in [-0.15, -0.1) is 11.8 Å². The molecule has 0 aliphatic carbocycles. The molecule has 0 aliphatic heterocycles. The molecular weight excluding hydrogens is 202 g/mol. The van der Waals surface area contributed by atoms with Gasteiger partial charge in [0.15, 0.2) is 0 Å². The van der Waals surface area contributed by atoms with Gasteiger partial charge in [0.2, 0.25) is 0 Å². The number of rotatable bonds is 3. The normalized spacial score (nSPS) is 9.85. The van der Waals surface area contributed by atoms with Crippen LogP contribution in [0.3, 0.4) is 0 Å². The molecule has 0 bridgehead atoms. The summed E-state index contributed by atoms with van der Waals surface area (Å²) < 4.78 is 0. The Balaban J connectivity index is 0.00000144. The molecule has 0 radical (unpaired) electrons. The van der Waals surface area contributed by atoms with Crippen molar-refractivity contribution in [3.05, 3.63) is 29.3 Å². The maximum absolute atomic E-state index is 5.77. The molecule has 1 rings (SSSR count). The van der Waals surface area contributed by atoms with E-state index >= 15 is 0 Å². The van der Waals surface area contributed by atoms with Crippen molar-refractivity contribution in [3.63, 3.8) is 0 Å². The van der Waals surface area contributed by atoms with Gasteiger partial charge in [0.1, 0.15) is 0 Å². The van der Waals surface area contributed by atoms with Crippen molar-refractivity contribution in [3.8, 4) is 0 Å². The van der Waals surface area contributed by atoms with Crippen LogP contribution < -0.4 is 6.15 Å². The van der Waals surface area contributed by atoms with E-state index < -0.39 is 0 Å². The highest BCUT2D eigenvalue weighted by Crippen LogP contribution is 2.22. The van der Waals surface area contributed by atoms with E-state index in [0.29, 0.717) is 0 Å². The Bertz CT molecular complexity index is 233. The second-order valence-corrected chi connectivity index (χ2v) is 4.69. The number of benzene rings is 1. The fourth-order valence-corrected chi connectivity index (χ4v) is 1.77. The zero-order valence-corrected chi connectivity index (χ0v) is 9.66. The third-order valence-electron chi connectivity index (χ3n) is 1.40. The largest absolute Gasteiger partial charge is 0.344 e. The molecule has 1 aromatic carbocycles. The summed E-state index contributed by atoms with van der Waals surface area (Å²) in [6.07, 6.45) is 0. The first kappa shape index (κ1) is 12.8. The van der Waals surface area contributed by atoms with Gasteiger partial charge in [-0.2, -0.15) is 0 Å².